The number of hydrogen-bond donors (Lipinski definition) is 0. The van der Waals surface area contributed by atoms with Crippen LogP contribution in [-0.2, 0) is 0 Å². The highest BCUT2D eigenvalue weighted by Gasteiger charge is 2.15. The molecule has 17 heavy (non-hydrogen) atoms. The summed E-state index contributed by atoms with van der Waals surface area (Å²) in [5, 5.41) is -0.304. The number of carbonyl (C=O) groups excluding carboxylic acids is 1. The Hall–Kier alpha value is -0.960. The maximum absolute atomic E-state index is 13.4. The molecule has 0 fully saturated rings. The molecule has 1 rings (SSSR count). The van der Waals surface area contributed by atoms with Crippen molar-refractivity contribution >= 4 is 17.4 Å². The summed E-state index contributed by atoms with van der Waals surface area (Å²) in [6, 6.07) is 1.71. The van der Waals surface area contributed by atoms with Gasteiger partial charge < -0.3 is 0 Å². The Balaban J connectivity index is 2.72. The van der Waals surface area contributed by atoms with Crippen molar-refractivity contribution < 1.29 is 13.6 Å². The van der Waals surface area contributed by atoms with E-state index in [1.807, 2.05) is 13.8 Å². The quantitative estimate of drug-likeness (QED) is 0.557. The summed E-state index contributed by atoms with van der Waals surface area (Å²) in [4.78, 5) is 11.7. The van der Waals surface area contributed by atoms with Gasteiger partial charge in [0.25, 0.3) is 0 Å². The first kappa shape index (κ1) is 14.1. The first-order valence-electron chi connectivity index (χ1n) is 5.59. The van der Waals surface area contributed by atoms with E-state index < -0.39 is 11.6 Å². The zero-order valence-electron chi connectivity index (χ0n) is 9.90. The van der Waals surface area contributed by atoms with Crippen molar-refractivity contribution in [2.24, 2.45) is 5.92 Å². The highest BCUT2D eigenvalue weighted by atomic mass is 35.5. The van der Waals surface area contributed by atoms with Crippen LogP contribution in [-0.4, -0.2) is 5.78 Å². The van der Waals surface area contributed by atoms with E-state index in [1.165, 1.54) is 0 Å². The summed E-state index contributed by atoms with van der Waals surface area (Å²) in [5.41, 5.74) is -0.212. The van der Waals surface area contributed by atoms with Gasteiger partial charge in [-0.1, -0.05) is 31.9 Å². The zero-order valence-corrected chi connectivity index (χ0v) is 10.7. The third-order valence-corrected chi connectivity index (χ3v) is 2.79. The Morgan fingerprint density at radius 3 is 2.53 bits per heavy atom. The number of carbonyl (C=O) groups is 1. The molecule has 0 atom stereocenters. The molecule has 1 aromatic rings. The normalized spacial score (nSPS) is 10.9. The molecule has 1 nitrogen and oxygen atoms in total. The molecule has 4 heteroatoms. The molecule has 94 valence electrons. The number of Topliss-reactive ketones (excluding diaryl/α,β-unsaturated/α-hetero) is 1. The molecule has 0 N–H and O–H groups in total. The van der Waals surface area contributed by atoms with Gasteiger partial charge in [-0.05, 0) is 24.5 Å². The van der Waals surface area contributed by atoms with E-state index >= 15 is 0 Å². The number of halogens is 3. The molecular formula is C13H15ClF2O. The van der Waals surface area contributed by atoms with Gasteiger partial charge in [-0.2, -0.15) is 0 Å². The van der Waals surface area contributed by atoms with Gasteiger partial charge in [0.1, 0.15) is 11.6 Å². The molecule has 0 aliphatic carbocycles. The molecule has 0 saturated carbocycles. The fraction of sp³-hybridized carbons (Fsp3) is 0.462. The van der Waals surface area contributed by atoms with Crippen molar-refractivity contribution in [1.82, 2.24) is 0 Å². The Kier molecular flexibility index (Phi) is 5.06. The lowest BCUT2D eigenvalue weighted by atomic mass is 10.0. The number of benzene rings is 1. The fourth-order valence-electron chi connectivity index (χ4n) is 1.54. The SMILES string of the molecule is CC(C)CCCC(=O)c1cc(F)c(Cl)cc1F. The molecule has 0 spiro atoms. The van der Waals surface area contributed by atoms with Crippen LogP contribution in [0.3, 0.4) is 0 Å². The molecule has 0 saturated heterocycles. The minimum atomic E-state index is -0.764. The second kappa shape index (κ2) is 6.10. The largest absolute Gasteiger partial charge is 0.294 e. The molecule has 1 aromatic carbocycles. The predicted octanol–water partition coefficient (Wildman–Crippen LogP) is 4.63. The lowest BCUT2D eigenvalue weighted by Crippen LogP contribution is -2.04. The summed E-state index contributed by atoms with van der Waals surface area (Å²) in [7, 11) is 0. The fourth-order valence-corrected chi connectivity index (χ4v) is 1.69. The smallest absolute Gasteiger partial charge is 0.165 e. The van der Waals surface area contributed by atoms with Crippen LogP contribution in [0.1, 0.15) is 43.5 Å². The van der Waals surface area contributed by atoms with Crippen molar-refractivity contribution in [3.63, 3.8) is 0 Å². The average molecular weight is 261 g/mol. The van der Waals surface area contributed by atoms with Gasteiger partial charge in [0.05, 0.1) is 10.6 Å². The predicted molar refractivity (Wildman–Crippen MR) is 64.4 cm³/mol. The summed E-state index contributed by atoms with van der Waals surface area (Å²) >= 11 is 5.41. The van der Waals surface area contributed by atoms with Crippen molar-refractivity contribution in [1.29, 1.82) is 0 Å². The maximum atomic E-state index is 13.4. The van der Waals surface area contributed by atoms with Gasteiger partial charge in [-0.25, -0.2) is 8.78 Å². The van der Waals surface area contributed by atoms with E-state index in [0.29, 0.717) is 12.3 Å². The molecule has 0 heterocycles. The van der Waals surface area contributed by atoms with Gasteiger partial charge in [0.15, 0.2) is 5.78 Å². The standard InChI is InChI=1S/C13H15ClF2O/c1-8(2)4-3-5-13(17)9-6-12(16)10(14)7-11(9)15/h6-8H,3-5H2,1-2H3. The zero-order chi connectivity index (χ0) is 13.0. The van der Waals surface area contributed by atoms with Gasteiger partial charge in [-0.15, -0.1) is 0 Å². The lowest BCUT2D eigenvalue weighted by molar-refractivity contribution is 0.0974. The summed E-state index contributed by atoms with van der Waals surface area (Å²) in [6.45, 7) is 4.10. The van der Waals surface area contributed by atoms with Crippen molar-refractivity contribution in [2.45, 2.75) is 33.1 Å². The summed E-state index contributed by atoms with van der Waals surface area (Å²) in [6.07, 6.45) is 1.81. The van der Waals surface area contributed by atoms with E-state index in [1.54, 1.807) is 0 Å². The van der Waals surface area contributed by atoms with Crippen LogP contribution in [0.2, 0.25) is 5.02 Å². The van der Waals surface area contributed by atoms with Crippen LogP contribution in [0.25, 0.3) is 0 Å². The van der Waals surface area contributed by atoms with Crippen LogP contribution in [0.4, 0.5) is 8.78 Å². The van der Waals surface area contributed by atoms with Gasteiger partial charge in [-0.3, -0.25) is 4.79 Å². The van der Waals surface area contributed by atoms with Gasteiger partial charge in [0.2, 0.25) is 0 Å². The highest BCUT2D eigenvalue weighted by Crippen LogP contribution is 2.21. The average Bonchev–Trinajstić information content (AvgIpc) is 2.22. The first-order valence-corrected chi connectivity index (χ1v) is 5.97. The second-order valence-corrected chi connectivity index (χ2v) is 4.86. The summed E-state index contributed by atoms with van der Waals surface area (Å²) < 4.78 is 26.5. The highest BCUT2D eigenvalue weighted by molar-refractivity contribution is 6.30. The van der Waals surface area contributed by atoms with Gasteiger partial charge >= 0.3 is 0 Å². The van der Waals surface area contributed by atoms with E-state index in [4.69, 9.17) is 11.6 Å². The second-order valence-electron chi connectivity index (χ2n) is 4.46. The van der Waals surface area contributed by atoms with Crippen LogP contribution < -0.4 is 0 Å². The molecule has 0 aromatic heterocycles. The van der Waals surface area contributed by atoms with E-state index in [0.717, 1.165) is 18.6 Å². The Morgan fingerprint density at radius 1 is 1.29 bits per heavy atom. The van der Waals surface area contributed by atoms with Crippen LogP contribution in [0, 0.1) is 17.6 Å². The summed E-state index contributed by atoms with van der Waals surface area (Å²) in [5.74, 6) is -1.40. The Bertz CT molecular complexity index is 416. The molecule has 0 aliphatic heterocycles. The van der Waals surface area contributed by atoms with Crippen LogP contribution in [0.5, 0.6) is 0 Å². The molecule has 0 amide bonds. The molecule has 0 aliphatic rings. The Labute approximate surface area is 105 Å². The maximum Gasteiger partial charge on any atom is 0.165 e. The van der Waals surface area contributed by atoms with Crippen LogP contribution >= 0.6 is 11.6 Å². The first-order chi connectivity index (χ1) is 7.91. The molecule has 0 bridgehead atoms. The molecular weight excluding hydrogens is 246 g/mol. The monoisotopic (exact) mass is 260 g/mol. The van der Waals surface area contributed by atoms with E-state index in [-0.39, 0.29) is 22.8 Å². The topological polar surface area (TPSA) is 17.1 Å². The molecule has 0 unspecified atom stereocenters. The van der Waals surface area contributed by atoms with Crippen molar-refractivity contribution in [3.05, 3.63) is 34.4 Å². The number of rotatable bonds is 5. The third kappa shape index (κ3) is 4.08. The van der Waals surface area contributed by atoms with Crippen molar-refractivity contribution in [2.75, 3.05) is 0 Å². The third-order valence-electron chi connectivity index (χ3n) is 2.50. The van der Waals surface area contributed by atoms with E-state index in [2.05, 4.69) is 0 Å². The Morgan fingerprint density at radius 2 is 1.94 bits per heavy atom. The van der Waals surface area contributed by atoms with Crippen molar-refractivity contribution in [3.8, 4) is 0 Å². The minimum absolute atomic E-state index is 0.212. The van der Waals surface area contributed by atoms with E-state index in [9.17, 15) is 13.6 Å². The number of ketones is 1. The minimum Gasteiger partial charge on any atom is -0.294 e. The lowest BCUT2D eigenvalue weighted by Gasteiger charge is -2.05. The van der Waals surface area contributed by atoms with Gasteiger partial charge in [0, 0.05) is 6.42 Å². The van der Waals surface area contributed by atoms with Crippen LogP contribution in [0.15, 0.2) is 12.1 Å². The number of hydrogen-bond acceptors (Lipinski definition) is 1. The molecule has 0 radical (unpaired) electrons.